The lowest BCUT2D eigenvalue weighted by molar-refractivity contribution is -0.254. The summed E-state index contributed by atoms with van der Waals surface area (Å²) in [5.41, 5.74) is 9.97. The maximum Gasteiger partial charge on any atom is 0.303 e. The van der Waals surface area contributed by atoms with E-state index in [2.05, 4.69) is 88.9 Å². The summed E-state index contributed by atoms with van der Waals surface area (Å²) >= 11 is 0. The Labute approximate surface area is 366 Å². The molecule has 1 heterocycles. The van der Waals surface area contributed by atoms with Crippen LogP contribution in [-0.2, 0) is 58.8 Å². The lowest BCUT2D eigenvalue weighted by Gasteiger charge is -2.45. The first-order valence-corrected chi connectivity index (χ1v) is 21.2. The number of ether oxygens (including phenoxy) is 7. The fourth-order valence-electron chi connectivity index (χ4n) is 9.68. The summed E-state index contributed by atoms with van der Waals surface area (Å²) < 4.78 is 41.5. The smallest absolute Gasteiger partial charge is 0.303 e. The molecule has 0 aromatic heterocycles. The first-order chi connectivity index (χ1) is 31.0. The van der Waals surface area contributed by atoms with E-state index in [0.717, 1.165) is 48.7 Å². The van der Waals surface area contributed by atoms with E-state index in [9.17, 15) is 19.2 Å². The van der Waals surface area contributed by atoms with Gasteiger partial charge in [0.25, 0.3) is 0 Å². The number of hydrogen-bond donors (Lipinski definition) is 0. The van der Waals surface area contributed by atoms with Gasteiger partial charge in [0, 0.05) is 39.2 Å². The molecule has 0 radical (unpaired) electrons. The first kappa shape index (κ1) is 42.5. The van der Waals surface area contributed by atoms with Gasteiger partial charge in [-0.25, -0.2) is 0 Å². The summed E-state index contributed by atoms with van der Waals surface area (Å²) in [6.45, 7) is 5.82. The lowest BCUT2D eigenvalue weighted by Crippen LogP contribution is -2.59. The van der Waals surface area contributed by atoms with Gasteiger partial charge in [-0.15, -0.1) is 0 Å². The number of carbonyl (C=O) groups is 4. The third kappa shape index (κ3) is 7.90. The molecule has 14 nitrogen and oxygen atoms in total. The average Bonchev–Trinajstić information content (AvgIpc) is 3.26. The molecule has 0 N–H and O–H groups in total. The van der Waals surface area contributed by atoms with E-state index in [4.69, 9.17) is 38.7 Å². The quantitative estimate of drug-likeness (QED) is 0.0140. The predicted molar refractivity (Wildman–Crippen MR) is 242 cm³/mol. The van der Waals surface area contributed by atoms with Gasteiger partial charge in [0.15, 0.2) is 18.3 Å². The zero-order chi connectivity index (χ0) is 44.6. The van der Waals surface area contributed by atoms with E-state index in [1.165, 1.54) is 60.0 Å². The molecule has 64 heavy (non-hydrogen) atoms. The lowest BCUT2D eigenvalue weighted by atomic mass is 9.81. The van der Waals surface area contributed by atoms with Crippen LogP contribution in [0.2, 0.25) is 0 Å². The van der Waals surface area contributed by atoms with Gasteiger partial charge in [-0.1, -0.05) is 65.8 Å². The van der Waals surface area contributed by atoms with Gasteiger partial charge in [-0.05, 0) is 123 Å². The molecule has 14 heteroatoms. The molecule has 0 spiro atoms. The number of azide groups is 1. The van der Waals surface area contributed by atoms with Crippen LogP contribution in [0.1, 0.15) is 44.9 Å². The van der Waals surface area contributed by atoms with Crippen molar-refractivity contribution < 1.29 is 52.3 Å². The van der Waals surface area contributed by atoms with E-state index in [0.29, 0.717) is 12.0 Å². The normalized spacial score (nSPS) is 18.9. The number of rotatable bonds is 15. The van der Waals surface area contributed by atoms with Gasteiger partial charge < -0.3 is 33.2 Å². The molecule has 8 aromatic rings. The highest BCUT2D eigenvalue weighted by atomic mass is 16.7. The van der Waals surface area contributed by atoms with Crippen LogP contribution in [0.3, 0.4) is 0 Å². The molecule has 5 atom stereocenters. The SMILES string of the molecule is CC(=O)OC[C@H]1OC(c2c(CCOCCOCCN=[N+]=[N-])ccc3c2cc2ccc4cc5c6ccccc6cc6ccc7cc3c2c4c7c65)[C@H](OC(C)=O)[C@@H](OC(C)=O)[C@H]1OC(C)=O. The monoisotopic (exact) mass is 863 g/mol. The first-order valence-electron chi connectivity index (χ1n) is 21.2. The molecule has 9 rings (SSSR count). The van der Waals surface area contributed by atoms with Crippen LogP contribution in [0.4, 0.5) is 0 Å². The summed E-state index contributed by atoms with van der Waals surface area (Å²) in [5.74, 6) is -2.71. The third-order valence-electron chi connectivity index (χ3n) is 12.0. The summed E-state index contributed by atoms with van der Waals surface area (Å²) in [6.07, 6.45) is -5.89. The zero-order valence-corrected chi connectivity index (χ0v) is 35.8. The summed E-state index contributed by atoms with van der Waals surface area (Å²) in [5, 5.41) is 18.8. The van der Waals surface area contributed by atoms with Crippen molar-refractivity contribution in [1.29, 1.82) is 0 Å². The number of hydrogen-bond acceptors (Lipinski definition) is 12. The van der Waals surface area contributed by atoms with Crippen molar-refractivity contribution in [2.45, 2.75) is 64.6 Å². The zero-order valence-electron chi connectivity index (χ0n) is 35.8. The van der Waals surface area contributed by atoms with Crippen molar-refractivity contribution in [3.05, 3.63) is 106 Å². The Morgan fingerprint density at radius 3 is 1.81 bits per heavy atom. The maximum atomic E-state index is 13.0. The van der Waals surface area contributed by atoms with Crippen LogP contribution in [0.15, 0.2) is 90.0 Å². The average molecular weight is 864 g/mol. The number of esters is 4. The fourth-order valence-corrected chi connectivity index (χ4v) is 9.68. The Kier molecular flexibility index (Phi) is 11.8. The van der Waals surface area contributed by atoms with Crippen molar-refractivity contribution in [3.8, 4) is 0 Å². The number of nitrogens with zero attached hydrogens (tertiary/aromatic N) is 3. The van der Waals surface area contributed by atoms with Gasteiger partial charge in [0.1, 0.15) is 18.8 Å². The highest BCUT2D eigenvalue weighted by molar-refractivity contribution is 6.40. The number of carbonyl (C=O) groups excluding carboxylic acids is 4. The van der Waals surface area contributed by atoms with Crippen LogP contribution < -0.4 is 0 Å². The second-order valence-electron chi connectivity index (χ2n) is 16.1. The van der Waals surface area contributed by atoms with Crippen LogP contribution >= 0.6 is 0 Å². The van der Waals surface area contributed by atoms with Crippen LogP contribution in [0.5, 0.6) is 0 Å². The molecule has 0 aliphatic carbocycles. The largest absolute Gasteiger partial charge is 0.463 e. The Hall–Kier alpha value is -6.83. The molecule has 8 aromatic carbocycles. The molecule has 0 amide bonds. The van der Waals surface area contributed by atoms with Crippen molar-refractivity contribution >= 4 is 99.3 Å². The molecule has 1 unspecified atom stereocenters. The molecule has 326 valence electrons. The Balaban J connectivity index is 1.25. The van der Waals surface area contributed by atoms with Crippen molar-refractivity contribution in [2.75, 3.05) is 39.6 Å². The number of fused-ring (bicyclic) bond motifs is 4. The highest BCUT2D eigenvalue weighted by Crippen LogP contribution is 2.49. The molecular weight excluding hydrogens is 819 g/mol. The minimum atomic E-state index is -1.36. The predicted octanol–water partition coefficient (Wildman–Crippen LogP) is 9.32. The minimum absolute atomic E-state index is 0.211. The number of benzene rings is 8. The molecule has 1 fully saturated rings. The second-order valence-corrected chi connectivity index (χ2v) is 16.1. The van der Waals surface area contributed by atoms with Gasteiger partial charge in [-0.2, -0.15) is 0 Å². The van der Waals surface area contributed by atoms with Gasteiger partial charge in [0.2, 0.25) is 0 Å². The second kappa shape index (κ2) is 17.7. The summed E-state index contributed by atoms with van der Waals surface area (Å²) in [7, 11) is 0. The minimum Gasteiger partial charge on any atom is -0.463 e. The van der Waals surface area contributed by atoms with Crippen molar-refractivity contribution in [3.63, 3.8) is 0 Å². The fraction of sp³-hybridized carbons (Fsp3) is 0.320. The standard InChI is InChI=1S/C50H45N3O11/c1-26(54)60-25-41-47(61-27(2)55)49(62-28(3)56)50(63-29(4)57)48(64-41)44-30(15-17-58-19-20-59-18-16-52-53-51)13-14-37-39-24-35-11-9-32-21-31-7-5-6-8-36(31)38-23-34-12-10-33(22-40(37)44)43(39)46(34)45(35)42(32)38/h5-14,21-24,41,47-50H,15-20,25H2,1-4H3/t41-,47+,48?,49+,50+/m1/s1. The molecular formula is C50H45N3O11. The molecule has 0 saturated carbocycles. The molecule has 1 saturated heterocycles. The van der Waals surface area contributed by atoms with Crippen LogP contribution in [0, 0.1) is 0 Å². The topological polar surface area (TPSA) is 182 Å². The Morgan fingerprint density at radius 1 is 0.578 bits per heavy atom. The van der Waals surface area contributed by atoms with Gasteiger partial charge >= 0.3 is 23.9 Å². The maximum absolute atomic E-state index is 13.0. The van der Waals surface area contributed by atoms with E-state index < -0.39 is 54.4 Å². The highest BCUT2D eigenvalue weighted by Gasteiger charge is 2.53. The molecule has 1 aliphatic rings. The van der Waals surface area contributed by atoms with Crippen molar-refractivity contribution in [2.24, 2.45) is 5.11 Å². The van der Waals surface area contributed by atoms with Crippen LogP contribution in [0.25, 0.3) is 85.8 Å². The van der Waals surface area contributed by atoms with Crippen molar-refractivity contribution in [1.82, 2.24) is 0 Å². The summed E-state index contributed by atoms with van der Waals surface area (Å²) in [4.78, 5) is 53.4. The van der Waals surface area contributed by atoms with E-state index in [1.54, 1.807) is 0 Å². The van der Waals surface area contributed by atoms with E-state index in [-0.39, 0.29) is 39.6 Å². The molecule has 0 bridgehead atoms. The van der Waals surface area contributed by atoms with Gasteiger partial charge in [0.05, 0.1) is 26.4 Å². The van der Waals surface area contributed by atoms with E-state index in [1.807, 2.05) is 6.07 Å². The summed E-state index contributed by atoms with van der Waals surface area (Å²) in [6, 6.07) is 30.1. The van der Waals surface area contributed by atoms with Crippen LogP contribution in [-0.4, -0.2) is 87.9 Å². The Morgan fingerprint density at radius 2 is 1.16 bits per heavy atom. The van der Waals surface area contributed by atoms with Gasteiger partial charge in [-0.3, -0.25) is 19.2 Å². The Bertz CT molecular complexity index is 3160. The van der Waals surface area contributed by atoms with E-state index >= 15 is 0 Å². The molecule has 1 aliphatic heterocycles. The third-order valence-corrected chi connectivity index (χ3v) is 12.0.